The molecule has 0 aliphatic heterocycles. The molecule has 0 saturated carbocycles. The molecule has 0 saturated heterocycles. The van der Waals surface area contributed by atoms with Gasteiger partial charge >= 0.3 is 0 Å². The SMILES string of the molecule is CCOCc1nc(Cl)cc(Nc2cccc(OC)c2)n1. The van der Waals surface area contributed by atoms with Gasteiger partial charge in [0.15, 0.2) is 5.82 Å². The Kier molecular flexibility index (Phi) is 5.15. The maximum atomic E-state index is 5.98. The third kappa shape index (κ3) is 4.08. The van der Waals surface area contributed by atoms with Gasteiger partial charge in [0.05, 0.1) is 7.11 Å². The van der Waals surface area contributed by atoms with Crippen LogP contribution in [-0.2, 0) is 11.3 Å². The van der Waals surface area contributed by atoms with Gasteiger partial charge in [0.1, 0.15) is 23.3 Å². The van der Waals surface area contributed by atoms with Gasteiger partial charge in [0, 0.05) is 24.4 Å². The Bertz CT molecular complexity index is 578. The topological polar surface area (TPSA) is 56.3 Å². The summed E-state index contributed by atoms with van der Waals surface area (Å²) < 4.78 is 10.5. The number of hydrogen-bond donors (Lipinski definition) is 1. The smallest absolute Gasteiger partial charge is 0.158 e. The first-order valence-electron chi connectivity index (χ1n) is 6.23. The molecule has 1 aromatic carbocycles. The van der Waals surface area contributed by atoms with Crippen molar-refractivity contribution in [3.63, 3.8) is 0 Å². The molecule has 0 bridgehead atoms. The van der Waals surface area contributed by atoms with Crippen LogP contribution in [0.1, 0.15) is 12.7 Å². The predicted molar refractivity (Wildman–Crippen MR) is 78.6 cm³/mol. The number of aromatic nitrogens is 2. The quantitative estimate of drug-likeness (QED) is 0.827. The molecule has 2 aromatic rings. The van der Waals surface area contributed by atoms with Crippen molar-refractivity contribution < 1.29 is 9.47 Å². The largest absolute Gasteiger partial charge is 0.497 e. The Labute approximate surface area is 122 Å². The first-order valence-corrected chi connectivity index (χ1v) is 6.61. The summed E-state index contributed by atoms with van der Waals surface area (Å²) in [6, 6.07) is 9.22. The summed E-state index contributed by atoms with van der Waals surface area (Å²) in [5.41, 5.74) is 0.862. The summed E-state index contributed by atoms with van der Waals surface area (Å²) in [6.07, 6.45) is 0. The lowest BCUT2D eigenvalue weighted by molar-refractivity contribution is 0.128. The van der Waals surface area contributed by atoms with Crippen LogP contribution in [0.4, 0.5) is 11.5 Å². The highest BCUT2D eigenvalue weighted by Crippen LogP contribution is 2.21. The molecule has 0 aliphatic carbocycles. The fraction of sp³-hybridized carbons (Fsp3) is 0.286. The molecule has 0 fully saturated rings. The molecule has 2 rings (SSSR count). The standard InChI is InChI=1S/C14H16ClN3O2/c1-3-20-9-14-17-12(15)8-13(18-14)16-10-5-4-6-11(7-10)19-2/h4-8H,3,9H2,1-2H3,(H,16,17,18). The third-order valence-corrected chi connectivity index (χ3v) is 2.71. The molecule has 20 heavy (non-hydrogen) atoms. The Morgan fingerprint density at radius 3 is 2.85 bits per heavy atom. The molecule has 1 heterocycles. The van der Waals surface area contributed by atoms with Crippen molar-refractivity contribution in [2.24, 2.45) is 0 Å². The summed E-state index contributed by atoms with van der Waals surface area (Å²) in [6.45, 7) is 2.86. The lowest BCUT2D eigenvalue weighted by Crippen LogP contribution is -2.03. The van der Waals surface area contributed by atoms with Gasteiger partial charge < -0.3 is 14.8 Å². The molecule has 1 N–H and O–H groups in total. The minimum atomic E-state index is 0.337. The number of methoxy groups -OCH3 is 1. The second kappa shape index (κ2) is 7.07. The van der Waals surface area contributed by atoms with E-state index in [9.17, 15) is 0 Å². The molecule has 6 heteroatoms. The summed E-state index contributed by atoms with van der Waals surface area (Å²) in [4.78, 5) is 8.46. The van der Waals surface area contributed by atoms with Crippen LogP contribution in [0.5, 0.6) is 5.75 Å². The zero-order valence-corrected chi connectivity index (χ0v) is 12.1. The third-order valence-electron chi connectivity index (χ3n) is 2.52. The highest BCUT2D eigenvalue weighted by atomic mass is 35.5. The van der Waals surface area contributed by atoms with E-state index in [-0.39, 0.29) is 0 Å². The first kappa shape index (κ1) is 14.6. The van der Waals surface area contributed by atoms with E-state index in [1.807, 2.05) is 31.2 Å². The lowest BCUT2D eigenvalue weighted by atomic mass is 10.3. The van der Waals surface area contributed by atoms with Crippen molar-refractivity contribution in [3.8, 4) is 5.75 Å². The number of nitrogens with one attached hydrogen (secondary N) is 1. The number of nitrogens with zero attached hydrogens (tertiary/aromatic N) is 2. The maximum Gasteiger partial charge on any atom is 0.158 e. The van der Waals surface area contributed by atoms with E-state index in [0.29, 0.717) is 30.0 Å². The maximum absolute atomic E-state index is 5.98. The van der Waals surface area contributed by atoms with E-state index in [4.69, 9.17) is 21.1 Å². The molecule has 5 nitrogen and oxygen atoms in total. The Morgan fingerprint density at radius 2 is 2.10 bits per heavy atom. The number of hydrogen-bond acceptors (Lipinski definition) is 5. The van der Waals surface area contributed by atoms with Crippen molar-refractivity contribution in [1.82, 2.24) is 9.97 Å². The van der Waals surface area contributed by atoms with Crippen molar-refractivity contribution >= 4 is 23.1 Å². The molecular formula is C14H16ClN3O2. The number of rotatable bonds is 6. The van der Waals surface area contributed by atoms with Crippen LogP contribution < -0.4 is 10.1 Å². The molecule has 0 spiro atoms. The average molecular weight is 294 g/mol. The van der Waals surface area contributed by atoms with Crippen LogP contribution in [0.25, 0.3) is 0 Å². The Balaban J connectivity index is 2.17. The summed E-state index contributed by atoms with van der Waals surface area (Å²) >= 11 is 5.98. The van der Waals surface area contributed by atoms with Gasteiger partial charge in [-0.25, -0.2) is 9.97 Å². The fourth-order valence-corrected chi connectivity index (χ4v) is 1.84. The summed E-state index contributed by atoms with van der Waals surface area (Å²) in [5, 5.41) is 3.54. The Morgan fingerprint density at radius 1 is 1.25 bits per heavy atom. The monoisotopic (exact) mass is 293 g/mol. The number of benzene rings is 1. The van der Waals surface area contributed by atoms with Gasteiger partial charge in [-0.05, 0) is 19.1 Å². The highest BCUT2D eigenvalue weighted by Gasteiger charge is 2.04. The minimum absolute atomic E-state index is 0.337. The molecule has 0 atom stereocenters. The fourth-order valence-electron chi connectivity index (χ4n) is 1.64. The molecule has 1 aromatic heterocycles. The lowest BCUT2D eigenvalue weighted by Gasteiger charge is -2.09. The van der Waals surface area contributed by atoms with Crippen LogP contribution in [0.2, 0.25) is 5.15 Å². The first-order chi connectivity index (χ1) is 9.71. The van der Waals surface area contributed by atoms with E-state index in [0.717, 1.165) is 11.4 Å². The number of ether oxygens (including phenoxy) is 2. The van der Waals surface area contributed by atoms with Gasteiger partial charge in [-0.1, -0.05) is 17.7 Å². The molecule has 0 unspecified atom stereocenters. The van der Waals surface area contributed by atoms with Crippen molar-refractivity contribution in [2.75, 3.05) is 19.0 Å². The van der Waals surface area contributed by atoms with Gasteiger partial charge in [-0.15, -0.1) is 0 Å². The normalized spacial score (nSPS) is 10.3. The predicted octanol–water partition coefficient (Wildman–Crippen LogP) is 3.42. The van der Waals surface area contributed by atoms with Crippen molar-refractivity contribution in [3.05, 3.63) is 41.3 Å². The van der Waals surface area contributed by atoms with Crippen LogP contribution >= 0.6 is 11.6 Å². The average Bonchev–Trinajstić information content (AvgIpc) is 2.44. The Hall–Kier alpha value is -1.85. The van der Waals surface area contributed by atoms with E-state index < -0.39 is 0 Å². The molecule has 0 radical (unpaired) electrons. The number of anilines is 2. The molecule has 0 amide bonds. The van der Waals surface area contributed by atoms with E-state index >= 15 is 0 Å². The zero-order chi connectivity index (χ0) is 14.4. The minimum Gasteiger partial charge on any atom is -0.497 e. The molecule has 0 aliphatic rings. The van der Waals surface area contributed by atoms with Crippen LogP contribution in [0.3, 0.4) is 0 Å². The van der Waals surface area contributed by atoms with Crippen LogP contribution in [0, 0.1) is 0 Å². The van der Waals surface area contributed by atoms with Gasteiger partial charge in [-0.3, -0.25) is 0 Å². The van der Waals surface area contributed by atoms with Crippen LogP contribution in [-0.4, -0.2) is 23.7 Å². The summed E-state index contributed by atoms with van der Waals surface area (Å²) in [5.74, 6) is 1.93. The van der Waals surface area contributed by atoms with Gasteiger partial charge in [0.2, 0.25) is 0 Å². The van der Waals surface area contributed by atoms with E-state index in [1.54, 1.807) is 13.2 Å². The number of halogens is 1. The molecule has 106 valence electrons. The second-order valence-corrected chi connectivity index (χ2v) is 4.37. The van der Waals surface area contributed by atoms with Crippen molar-refractivity contribution in [1.29, 1.82) is 0 Å². The summed E-state index contributed by atoms with van der Waals surface area (Å²) in [7, 11) is 1.63. The van der Waals surface area contributed by atoms with Crippen LogP contribution in [0.15, 0.2) is 30.3 Å². The second-order valence-electron chi connectivity index (χ2n) is 3.99. The van der Waals surface area contributed by atoms with Gasteiger partial charge in [-0.2, -0.15) is 0 Å². The molecular weight excluding hydrogens is 278 g/mol. The zero-order valence-electron chi connectivity index (χ0n) is 11.4. The van der Waals surface area contributed by atoms with E-state index in [2.05, 4.69) is 15.3 Å². The van der Waals surface area contributed by atoms with Crippen molar-refractivity contribution in [2.45, 2.75) is 13.5 Å². The van der Waals surface area contributed by atoms with Gasteiger partial charge in [0.25, 0.3) is 0 Å². The highest BCUT2D eigenvalue weighted by molar-refractivity contribution is 6.29. The van der Waals surface area contributed by atoms with E-state index in [1.165, 1.54) is 0 Å².